The lowest BCUT2D eigenvalue weighted by Crippen LogP contribution is -2.57. The van der Waals surface area contributed by atoms with Crippen LogP contribution in [0.15, 0.2) is 0 Å². The van der Waals surface area contributed by atoms with E-state index in [1.165, 1.54) is 19.3 Å². The molecular weight excluding hydrogens is 190 g/mol. The van der Waals surface area contributed by atoms with E-state index in [4.69, 9.17) is 0 Å². The summed E-state index contributed by atoms with van der Waals surface area (Å²) in [5.41, 5.74) is 0. The minimum absolute atomic E-state index is 0.0440. The monoisotopic (exact) mass is 211 g/mol. The van der Waals surface area contributed by atoms with Crippen LogP contribution in [-0.4, -0.2) is 49.1 Å². The lowest BCUT2D eigenvalue weighted by Gasteiger charge is -2.36. The molecule has 0 bridgehead atoms. The van der Waals surface area contributed by atoms with Crippen LogP contribution in [0.1, 0.15) is 26.2 Å². The van der Waals surface area contributed by atoms with Gasteiger partial charge in [-0.05, 0) is 26.3 Å². The zero-order valence-electron chi connectivity index (χ0n) is 9.46. The van der Waals surface area contributed by atoms with Gasteiger partial charge in [-0.2, -0.15) is 0 Å². The van der Waals surface area contributed by atoms with Gasteiger partial charge in [-0.25, -0.2) is 0 Å². The fourth-order valence-electron chi connectivity index (χ4n) is 2.44. The molecule has 4 nitrogen and oxygen atoms in total. The van der Waals surface area contributed by atoms with Crippen molar-refractivity contribution in [3.05, 3.63) is 0 Å². The van der Waals surface area contributed by atoms with Gasteiger partial charge >= 0.3 is 0 Å². The van der Waals surface area contributed by atoms with Gasteiger partial charge in [-0.3, -0.25) is 9.69 Å². The topological polar surface area (TPSA) is 44.4 Å². The Hall–Kier alpha value is -0.610. The number of hydrogen-bond donors (Lipinski definition) is 2. The Morgan fingerprint density at radius 2 is 2.27 bits per heavy atom. The highest BCUT2D eigenvalue weighted by molar-refractivity contribution is 5.81. The molecule has 0 aliphatic carbocycles. The first-order valence-corrected chi connectivity index (χ1v) is 6.02. The summed E-state index contributed by atoms with van der Waals surface area (Å²) < 4.78 is 0. The third-order valence-electron chi connectivity index (χ3n) is 3.49. The van der Waals surface area contributed by atoms with Crippen molar-refractivity contribution in [2.45, 2.75) is 38.3 Å². The quantitative estimate of drug-likeness (QED) is 0.673. The van der Waals surface area contributed by atoms with Gasteiger partial charge in [0.15, 0.2) is 0 Å². The van der Waals surface area contributed by atoms with E-state index in [0.717, 1.165) is 26.2 Å². The number of hydrogen-bond acceptors (Lipinski definition) is 3. The molecule has 2 aliphatic rings. The predicted molar refractivity (Wildman–Crippen MR) is 59.7 cm³/mol. The van der Waals surface area contributed by atoms with Crippen LogP contribution in [0.2, 0.25) is 0 Å². The van der Waals surface area contributed by atoms with E-state index in [1.807, 2.05) is 6.92 Å². The van der Waals surface area contributed by atoms with Gasteiger partial charge in [0.05, 0.1) is 6.04 Å². The number of nitrogens with zero attached hydrogens (tertiary/aromatic N) is 1. The van der Waals surface area contributed by atoms with Gasteiger partial charge in [0.25, 0.3) is 0 Å². The molecule has 0 saturated carbocycles. The summed E-state index contributed by atoms with van der Waals surface area (Å²) in [4.78, 5) is 13.8. The molecule has 4 heteroatoms. The third kappa shape index (κ3) is 2.69. The maximum atomic E-state index is 11.5. The number of amides is 1. The van der Waals surface area contributed by atoms with Gasteiger partial charge in [-0.15, -0.1) is 0 Å². The molecule has 2 atom stereocenters. The number of piperidine rings is 1. The standard InChI is InChI=1S/C11H21N3O/c1-9-11(15)13-6-7-14(9)8-10-4-2-3-5-12-10/h9-10,12H,2-8H2,1H3,(H,13,15). The van der Waals surface area contributed by atoms with Crippen molar-refractivity contribution in [1.82, 2.24) is 15.5 Å². The third-order valence-corrected chi connectivity index (χ3v) is 3.49. The van der Waals surface area contributed by atoms with E-state index in [-0.39, 0.29) is 11.9 Å². The molecule has 2 fully saturated rings. The van der Waals surface area contributed by atoms with Crippen LogP contribution >= 0.6 is 0 Å². The highest BCUT2D eigenvalue weighted by atomic mass is 16.2. The Kier molecular flexibility index (Phi) is 3.59. The average molecular weight is 211 g/mol. The summed E-state index contributed by atoms with van der Waals surface area (Å²) in [5, 5.41) is 6.43. The fraction of sp³-hybridized carbons (Fsp3) is 0.909. The Morgan fingerprint density at radius 3 is 3.00 bits per heavy atom. The summed E-state index contributed by atoms with van der Waals surface area (Å²) in [7, 11) is 0. The molecule has 0 aromatic rings. The molecule has 0 radical (unpaired) electrons. The van der Waals surface area contributed by atoms with E-state index in [2.05, 4.69) is 15.5 Å². The van der Waals surface area contributed by atoms with Crippen molar-refractivity contribution in [3.8, 4) is 0 Å². The maximum Gasteiger partial charge on any atom is 0.237 e. The molecule has 2 N–H and O–H groups in total. The van der Waals surface area contributed by atoms with Crippen LogP contribution in [0.3, 0.4) is 0 Å². The molecule has 2 rings (SSSR count). The van der Waals surface area contributed by atoms with Crippen molar-refractivity contribution in [1.29, 1.82) is 0 Å². The number of piperazine rings is 1. The normalized spacial score (nSPS) is 33.8. The lowest BCUT2D eigenvalue weighted by atomic mass is 10.0. The van der Waals surface area contributed by atoms with Crippen LogP contribution in [0, 0.1) is 0 Å². The maximum absolute atomic E-state index is 11.5. The van der Waals surface area contributed by atoms with Crippen LogP contribution in [0.25, 0.3) is 0 Å². The minimum atomic E-state index is 0.0440. The highest BCUT2D eigenvalue weighted by Gasteiger charge is 2.27. The Balaban J connectivity index is 1.84. The number of carbonyl (C=O) groups excluding carboxylic acids is 1. The van der Waals surface area contributed by atoms with Crippen molar-refractivity contribution in [2.24, 2.45) is 0 Å². The van der Waals surface area contributed by atoms with E-state index >= 15 is 0 Å². The van der Waals surface area contributed by atoms with Gasteiger partial charge in [0.1, 0.15) is 0 Å². The minimum Gasteiger partial charge on any atom is -0.353 e. The molecular formula is C11H21N3O. The lowest BCUT2D eigenvalue weighted by molar-refractivity contribution is -0.128. The summed E-state index contributed by atoms with van der Waals surface area (Å²) in [6, 6.07) is 0.634. The van der Waals surface area contributed by atoms with Crippen molar-refractivity contribution in [3.63, 3.8) is 0 Å². The van der Waals surface area contributed by atoms with Gasteiger partial charge in [0, 0.05) is 25.7 Å². The Labute approximate surface area is 91.4 Å². The van der Waals surface area contributed by atoms with Crippen LogP contribution in [0.4, 0.5) is 0 Å². The summed E-state index contributed by atoms with van der Waals surface area (Å²) in [6.45, 7) is 5.95. The highest BCUT2D eigenvalue weighted by Crippen LogP contribution is 2.11. The summed E-state index contributed by atoms with van der Waals surface area (Å²) in [5.74, 6) is 0.178. The van der Waals surface area contributed by atoms with Crippen LogP contribution < -0.4 is 10.6 Å². The second kappa shape index (κ2) is 4.94. The predicted octanol–water partition coefficient (Wildman–Crippen LogP) is -0.0512. The van der Waals surface area contributed by atoms with E-state index in [1.54, 1.807) is 0 Å². The molecule has 2 saturated heterocycles. The molecule has 2 unspecified atom stereocenters. The molecule has 0 aromatic heterocycles. The molecule has 0 aromatic carbocycles. The number of carbonyl (C=O) groups is 1. The summed E-state index contributed by atoms with van der Waals surface area (Å²) in [6.07, 6.45) is 3.88. The van der Waals surface area contributed by atoms with Gasteiger partial charge < -0.3 is 10.6 Å². The fourth-order valence-corrected chi connectivity index (χ4v) is 2.44. The first-order chi connectivity index (χ1) is 7.27. The van der Waals surface area contributed by atoms with E-state index in [0.29, 0.717) is 6.04 Å². The average Bonchev–Trinajstić information content (AvgIpc) is 2.26. The van der Waals surface area contributed by atoms with Crippen molar-refractivity contribution < 1.29 is 4.79 Å². The van der Waals surface area contributed by atoms with E-state index < -0.39 is 0 Å². The first-order valence-electron chi connectivity index (χ1n) is 6.02. The molecule has 2 aliphatic heterocycles. The molecule has 0 spiro atoms. The number of nitrogens with one attached hydrogen (secondary N) is 2. The van der Waals surface area contributed by atoms with Crippen molar-refractivity contribution in [2.75, 3.05) is 26.2 Å². The second-order valence-electron chi connectivity index (χ2n) is 4.61. The molecule has 15 heavy (non-hydrogen) atoms. The second-order valence-corrected chi connectivity index (χ2v) is 4.61. The van der Waals surface area contributed by atoms with Gasteiger partial charge in [0.2, 0.25) is 5.91 Å². The van der Waals surface area contributed by atoms with Crippen LogP contribution in [0.5, 0.6) is 0 Å². The smallest absolute Gasteiger partial charge is 0.237 e. The van der Waals surface area contributed by atoms with Crippen LogP contribution in [-0.2, 0) is 4.79 Å². The molecule has 1 amide bonds. The largest absolute Gasteiger partial charge is 0.353 e. The van der Waals surface area contributed by atoms with Crippen molar-refractivity contribution >= 4 is 5.91 Å². The number of rotatable bonds is 2. The van der Waals surface area contributed by atoms with E-state index in [9.17, 15) is 4.79 Å². The zero-order chi connectivity index (χ0) is 10.7. The summed E-state index contributed by atoms with van der Waals surface area (Å²) >= 11 is 0. The molecule has 2 heterocycles. The Bertz CT molecular complexity index is 226. The zero-order valence-corrected chi connectivity index (χ0v) is 9.46. The molecule has 86 valence electrons. The first kappa shape index (κ1) is 10.9. The SMILES string of the molecule is CC1C(=O)NCCN1CC1CCCCN1. The Morgan fingerprint density at radius 1 is 1.40 bits per heavy atom. The van der Waals surface area contributed by atoms with Gasteiger partial charge in [-0.1, -0.05) is 6.42 Å².